The van der Waals surface area contributed by atoms with Gasteiger partial charge in [0.2, 0.25) is 5.78 Å². The molecule has 0 aliphatic carbocycles. The van der Waals surface area contributed by atoms with Gasteiger partial charge in [-0.1, -0.05) is 18.2 Å². The molecule has 0 fully saturated rings. The van der Waals surface area contributed by atoms with Crippen molar-refractivity contribution in [3.63, 3.8) is 0 Å². The molecule has 0 aliphatic heterocycles. The molecule has 0 unspecified atom stereocenters. The maximum atomic E-state index is 10.9. The highest BCUT2D eigenvalue weighted by Gasteiger charge is 2.14. The minimum Gasteiger partial charge on any atom is -0.496 e. The van der Waals surface area contributed by atoms with Gasteiger partial charge in [0.25, 0.3) is 0 Å². The standard InChI is InChI=1S/C10H10O4/c1-14-9-5-3-2-4-7(9)6-8(11)10(12)13/h2-5H,6H2,1H3,(H,12,13). The van der Waals surface area contributed by atoms with Crippen LogP contribution >= 0.6 is 0 Å². The van der Waals surface area contributed by atoms with Gasteiger partial charge in [0.15, 0.2) is 0 Å². The van der Waals surface area contributed by atoms with Crippen LogP contribution in [-0.4, -0.2) is 24.0 Å². The van der Waals surface area contributed by atoms with Crippen LogP contribution in [0.3, 0.4) is 0 Å². The Morgan fingerprint density at radius 2 is 2.00 bits per heavy atom. The summed E-state index contributed by atoms with van der Waals surface area (Å²) in [6, 6.07) is 6.84. The zero-order valence-corrected chi connectivity index (χ0v) is 7.69. The Labute approximate surface area is 81.1 Å². The summed E-state index contributed by atoms with van der Waals surface area (Å²) in [6.07, 6.45) is -0.140. The second-order valence-electron chi connectivity index (χ2n) is 2.72. The number of hydrogen-bond donors (Lipinski definition) is 1. The molecule has 0 aliphatic rings. The molecule has 14 heavy (non-hydrogen) atoms. The van der Waals surface area contributed by atoms with E-state index < -0.39 is 11.8 Å². The average molecular weight is 194 g/mol. The van der Waals surface area contributed by atoms with Crippen molar-refractivity contribution in [2.75, 3.05) is 7.11 Å². The van der Waals surface area contributed by atoms with Crippen molar-refractivity contribution < 1.29 is 19.4 Å². The minimum absolute atomic E-state index is 0.140. The quantitative estimate of drug-likeness (QED) is 0.723. The minimum atomic E-state index is -1.42. The van der Waals surface area contributed by atoms with Gasteiger partial charge in [-0.3, -0.25) is 4.79 Å². The number of benzene rings is 1. The van der Waals surface area contributed by atoms with Gasteiger partial charge in [-0.05, 0) is 6.07 Å². The molecule has 1 aromatic rings. The third kappa shape index (κ3) is 2.32. The average Bonchev–Trinajstić information content (AvgIpc) is 2.18. The molecule has 74 valence electrons. The summed E-state index contributed by atoms with van der Waals surface area (Å²) >= 11 is 0. The van der Waals surface area contributed by atoms with Crippen LogP contribution in [0.4, 0.5) is 0 Å². The van der Waals surface area contributed by atoms with E-state index in [-0.39, 0.29) is 6.42 Å². The van der Waals surface area contributed by atoms with E-state index in [4.69, 9.17) is 9.84 Å². The molecule has 1 N–H and O–H groups in total. The number of carboxylic acid groups (broad SMARTS) is 1. The zero-order valence-electron chi connectivity index (χ0n) is 7.69. The molecule has 0 atom stereocenters. The van der Waals surface area contributed by atoms with Crippen molar-refractivity contribution >= 4 is 11.8 Å². The molecule has 0 amide bonds. The Morgan fingerprint density at radius 3 is 2.57 bits per heavy atom. The van der Waals surface area contributed by atoms with Crippen LogP contribution in [0.15, 0.2) is 24.3 Å². The van der Waals surface area contributed by atoms with E-state index in [1.165, 1.54) is 7.11 Å². The van der Waals surface area contributed by atoms with Crippen molar-refractivity contribution in [3.8, 4) is 5.75 Å². The van der Waals surface area contributed by atoms with Crippen LogP contribution in [0.1, 0.15) is 5.56 Å². The monoisotopic (exact) mass is 194 g/mol. The summed E-state index contributed by atoms with van der Waals surface area (Å²) in [7, 11) is 1.48. The largest absolute Gasteiger partial charge is 0.496 e. The van der Waals surface area contributed by atoms with E-state index in [0.717, 1.165) is 0 Å². The van der Waals surface area contributed by atoms with E-state index in [9.17, 15) is 9.59 Å². The lowest BCUT2D eigenvalue weighted by molar-refractivity contribution is -0.148. The van der Waals surface area contributed by atoms with Crippen LogP contribution in [0.2, 0.25) is 0 Å². The highest BCUT2D eigenvalue weighted by molar-refractivity contribution is 6.33. The molecule has 0 heterocycles. The third-order valence-corrected chi connectivity index (χ3v) is 1.78. The smallest absolute Gasteiger partial charge is 0.372 e. The number of carbonyl (C=O) groups excluding carboxylic acids is 1. The Morgan fingerprint density at radius 1 is 1.36 bits per heavy atom. The number of ether oxygens (including phenoxy) is 1. The fourth-order valence-electron chi connectivity index (χ4n) is 1.10. The zero-order chi connectivity index (χ0) is 10.6. The van der Waals surface area contributed by atoms with E-state index >= 15 is 0 Å². The van der Waals surface area contributed by atoms with E-state index in [0.29, 0.717) is 11.3 Å². The van der Waals surface area contributed by atoms with Crippen molar-refractivity contribution in [1.29, 1.82) is 0 Å². The van der Waals surface area contributed by atoms with Gasteiger partial charge in [0, 0.05) is 12.0 Å². The summed E-state index contributed by atoms with van der Waals surface area (Å²) < 4.78 is 4.98. The summed E-state index contributed by atoms with van der Waals surface area (Å²) in [6.45, 7) is 0. The van der Waals surface area contributed by atoms with Gasteiger partial charge in [-0.15, -0.1) is 0 Å². The first-order valence-electron chi connectivity index (χ1n) is 4.03. The van der Waals surface area contributed by atoms with E-state index in [1.54, 1.807) is 24.3 Å². The molecule has 4 heteroatoms. The van der Waals surface area contributed by atoms with Crippen LogP contribution in [0.5, 0.6) is 5.75 Å². The molecule has 1 rings (SSSR count). The maximum absolute atomic E-state index is 10.9. The Bertz CT molecular complexity index is 357. The number of carboxylic acids is 1. The number of para-hydroxylation sites is 1. The SMILES string of the molecule is COc1ccccc1CC(=O)C(=O)O. The van der Waals surface area contributed by atoms with Crippen LogP contribution < -0.4 is 4.74 Å². The van der Waals surface area contributed by atoms with Gasteiger partial charge in [-0.2, -0.15) is 0 Å². The Balaban J connectivity index is 2.85. The molecular weight excluding hydrogens is 184 g/mol. The predicted molar refractivity (Wildman–Crippen MR) is 49.3 cm³/mol. The number of ketones is 1. The predicted octanol–water partition coefficient (Wildman–Crippen LogP) is 0.891. The van der Waals surface area contributed by atoms with Crippen LogP contribution in [0, 0.1) is 0 Å². The number of rotatable bonds is 4. The third-order valence-electron chi connectivity index (χ3n) is 1.78. The fourth-order valence-corrected chi connectivity index (χ4v) is 1.10. The van der Waals surface area contributed by atoms with Gasteiger partial charge < -0.3 is 9.84 Å². The summed E-state index contributed by atoms with van der Waals surface area (Å²) in [4.78, 5) is 21.2. The second-order valence-corrected chi connectivity index (χ2v) is 2.72. The number of hydrogen-bond acceptors (Lipinski definition) is 3. The molecule has 0 radical (unpaired) electrons. The summed E-state index contributed by atoms with van der Waals surface area (Å²) in [5.41, 5.74) is 0.586. The molecule has 0 bridgehead atoms. The highest BCUT2D eigenvalue weighted by Crippen LogP contribution is 2.17. The molecule has 0 aromatic heterocycles. The molecule has 4 nitrogen and oxygen atoms in total. The first-order valence-corrected chi connectivity index (χ1v) is 4.03. The normalized spacial score (nSPS) is 9.50. The Hall–Kier alpha value is -1.84. The van der Waals surface area contributed by atoms with Crippen molar-refractivity contribution in [1.82, 2.24) is 0 Å². The molecular formula is C10H10O4. The van der Waals surface area contributed by atoms with Gasteiger partial charge in [0.1, 0.15) is 5.75 Å². The van der Waals surface area contributed by atoms with Gasteiger partial charge >= 0.3 is 5.97 Å². The van der Waals surface area contributed by atoms with Crippen molar-refractivity contribution in [2.45, 2.75) is 6.42 Å². The van der Waals surface area contributed by atoms with Crippen molar-refractivity contribution in [2.24, 2.45) is 0 Å². The highest BCUT2D eigenvalue weighted by atomic mass is 16.5. The molecule has 1 aromatic carbocycles. The summed E-state index contributed by atoms with van der Waals surface area (Å²) in [5.74, 6) is -1.73. The van der Waals surface area contributed by atoms with Gasteiger partial charge in [0.05, 0.1) is 7.11 Å². The fraction of sp³-hybridized carbons (Fsp3) is 0.200. The lowest BCUT2D eigenvalue weighted by atomic mass is 10.1. The molecule has 0 spiro atoms. The number of Topliss-reactive ketones (excluding diaryl/α,β-unsaturated/α-hetero) is 1. The number of aliphatic carboxylic acids is 1. The molecule has 0 saturated carbocycles. The topological polar surface area (TPSA) is 63.6 Å². The van der Waals surface area contributed by atoms with Crippen molar-refractivity contribution in [3.05, 3.63) is 29.8 Å². The first kappa shape index (κ1) is 10.2. The van der Waals surface area contributed by atoms with E-state index in [2.05, 4.69) is 0 Å². The lowest BCUT2D eigenvalue weighted by Gasteiger charge is -2.05. The Kier molecular flexibility index (Phi) is 3.23. The van der Waals surface area contributed by atoms with Gasteiger partial charge in [-0.25, -0.2) is 4.79 Å². The number of methoxy groups -OCH3 is 1. The second kappa shape index (κ2) is 4.41. The number of carbonyl (C=O) groups is 2. The van der Waals surface area contributed by atoms with Crippen LogP contribution in [0.25, 0.3) is 0 Å². The first-order chi connectivity index (χ1) is 6.65. The van der Waals surface area contributed by atoms with E-state index in [1.807, 2.05) is 0 Å². The summed E-state index contributed by atoms with van der Waals surface area (Å²) in [5, 5.41) is 8.42. The molecule has 0 saturated heterocycles. The lowest BCUT2D eigenvalue weighted by Crippen LogP contribution is -2.15. The van der Waals surface area contributed by atoms with Crippen LogP contribution in [-0.2, 0) is 16.0 Å². The maximum Gasteiger partial charge on any atom is 0.372 e.